The molecule has 13 nitrogen and oxygen atoms in total. The fraction of sp³-hybridized carbons (Fsp3) is 0.386. The molecule has 2 N–H and O–H groups in total. The van der Waals surface area contributed by atoms with E-state index in [-0.39, 0.29) is 35.0 Å². The van der Waals surface area contributed by atoms with E-state index in [0.717, 1.165) is 149 Å². The van der Waals surface area contributed by atoms with Gasteiger partial charge in [0, 0.05) is 70.7 Å². The lowest BCUT2D eigenvalue weighted by atomic mass is 9.66. The number of nitrogens with zero attached hydrogens (tertiary/aromatic N) is 5. The van der Waals surface area contributed by atoms with Gasteiger partial charge in [0.2, 0.25) is 0 Å². The van der Waals surface area contributed by atoms with Gasteiger partial charge in [-0.2, -0.15) is 0 Å². The molecule has 1 spiro atoms. The maximum absolute atomic E-state index is 11.6. The predicted octanol–water partition coefficient (Wildman–Crippen LogP) is 15.3. The number of carboxylic acid groups (broad SMARTS) is 2. The lowest BCUT2D eigenvalue weighted by molar-refractivity contribution is -0.0796. The second-order valence-electron chi connectivity index (χ2n) is 21.9. The number of carboxylic acids is 2. The normalized spacial score (nSPS) is 23.2. The molecule has 0 amide bonds. The smallest absolute Gasteiger partial charge is 0.345 e. The van der Waals surface area contributed by atoms with Crippen LogP contribution in [0.2, 0.25) is 20.1 Å². The minimum Gasteiger partial charge on any atom is -0.478 e. The third kappa shape index (κ3) is 8.96. The summed E-state index contributed by atoms with van der Waals surface area (Å²) in [5.41, 5.74) is 7.96. The molecule has 4 aliphatic carbocycles. The molecule has 6 heterocycles. The summed E-state index contributed by atoms with van der Waals surface area (Å²) in [4.78, 5) is 33.1. The van der Waals surface area contributed by atoms with Gasteiger partial charge in [0.1, 0.15) is 27.8 Å². The maximum atomic E-state index is 11.6. The molecule has 2 atom stereocenters. The highest BCUT2D eigenvalue weighted by Crippen LogP contribution is 2.53. The Morgan fingerprint density at radius 1 is 0.684 bits per heavy atom. The van der Waals surface area contributed by atoms with Gasteiger partial charge >= 0.3 is 11.9 Å². The van der Waals surface area contributed by atoms with Gasteiger partial charge in [-0.1, -0.05) is 74.1 Å². The van der Waals surface area contributed by atoms with Crippen LogP contribution in [0.5, 0.6) is 0 Å². The summed E-state index contributed by atoms with van der Waals surface area (Å²) in [7, 11) is 0. The van der Waals surface area contributed by atoms with Crippen molar-refractivity contribution >= 4 is 112 Å². The number of fused-ring (bicyclic) bond motifs is 3. The molecule has 4 saturated carbocycles. The van der Waals surface area contributed by atoms with Crippen LogP contribution in [0.1, 0.15) is 112 Å². The Morgan fingerprint density at radius 3 is 1.84 bits per heavy atom. The molecule has 0 radical (unpaired) electrons. The average molecular weight is 1140 g/mol. The Kier molecular flexibility index (Phi) is 12.3. The van der Waals surface area contributed by atoms with Crippen molar-refractivity contribution in [1.29, 1.82) is 0 Å². The third-order valence-electron chi connectivity index (χ3n) is 16.8. The summed E-state index contributed by atoms with van der Waals surface area (Å²) < 4.78 is 27.3. The Morgan fingerprint density at radius 2 is 1.28 bits per heavy atom. The van der Waals surface area contributed by atoms with Crippen LogP contribution < -0.4 is 9.80 Å². The third-order valence-corrected chi connectivity index (χ3v) is 20.2. The van der Waals surface area contributed by atoms with Crippen molar-refractivity contribution in [2.45, 2.75) is 95.0 Å². The van der Waals surface area contributed by atoms with Gasteiger partial charge in [-0.05, 0) is 152 Å². The molecule has 6 fully saturated rings. The first-order valence-electron chi connectivity index (χ1n) is 25.9. The summed E-state index contributed by atoms with van der Waals surface area (Å²) in [5, 5.41) is 31.6. The quantitative estimate of drug-likeness (QED) is 0.0997. The van der Waals surface area contributed by atoms with E-state index in [9.17, 15) is 19.8 Å². The average Bonchev–Trinajstić information content (AvgIpc) is 3.87. The number of thiazole rings is 1. The molecule has 0 bridgehead atoms. The maximum Gasteiger partial charge on any atom is 0.345 e. The number of hydrogen-bond acceptors (Lipinski definition) is 13. The van der Waals surface area contributed by atoms with Gasteiger partial charge in [-0.15, -0.1) is 11.3 Å². The van der Waals surface area contributed by atoms with Gasteiger partial charge < -0.3 is 38.5 Å². The number of aromatic carboxylic acids is 2. The molecule has 14 rings (SSSR count). The number of thiophene rings is 1. The van der Waals surface area contributed by atoms with Crippen LogP contribution in [-0.2, 0) is 22.7 Å². The predicted molar refractivity (Wildman–Crippen MR) is 296 cm³/mol. The molecular weight excluding hydrogens is 1090 g/mol. The van der Waals surface area contributed by atoms with Gasteiger partial charge in [-0.3, -0.25) is 0 Å². The number of rotatable bonds is 15. The molecular formula is C57H49Cl4N5O8S2. The summed E-state index contributed by atoms with van der Waals surface area (Å²) in [5.74, 6) is 1.33. The highest BCUT2D eigenvalue weighted by atomic mass is 35.5. The van der Waals surface area contributed by atoms with Gasteiger partial charge in [0.05, 0.1) is 61.3 Å². The Balaban J connectivity index is 0.643. The van der Waals surface area contributed by atoms with Crippen molar-refractivity contribution in [3.05, 3.63) is 120 Å². The zero-order valence-corrected chi connectivity index (χ0v) is 45.5. The number of hydrogen-bond donors (Lipinski definition) is 2. The Bertz CT molecular complexity index is 3610. The molecule has 2 aliphatic heterocycles. The van der Waals surface area contributed by atoms with Crippen molar-refractivity contribution < 1.29 is 38.3 Å². The van der Waals surface area contributed by atoms with E-state index in [0.29, 0.717) is 72.5 Å². The first-order valence-corrected chi connectivity index (χ1v) is 29.0. The van der Waals surface area contributed by atoms with Crippen molar-refractivity contribution in [2.24, 2.45) is 17.3 Å². The number of anilines is 2. The van der Waals surface area contributed by atoms with E-state index >= 15 is 0 Å². The zero-order valence-electron chi connectivity index (χ0n) is 40.8. The van der Waals surface area contributed by atoms with E-state index in [1.165, 1.54) is 11.3 Å². The van der Waals surface area contributed by atoms with Crippen LogP contribution in [0.4, 0.5) is 10.8 Å². The molecule has 390 valence electrons. The van der Waals surface area contributed by atoms with Crippen LogP contribution in [0.3, 0.4) is 0 Å². The SMILES string of the molecule is O=C(O)c1ccc2nc(N3CC4CC(OCc5c(-c6c(Cl)cc(-c7cc(Cl)c(-c8noc(C9CC9)c8COC8CC9(CCN(c%10ccc%11cc(C(=O)O)sc%11c%10)C9)C8)c(Cl)c7)cc6Cl)noc5C5CC5)CC4C3)sc2c1. The number of ether oxygens (including phenoxy) is 2. The van der Waals surface area contributed by atoms with E-state index in [1.54, 1.807) is 35.6 Å². The number of carbonyl (C=O) groups is 2. The van der Waals surface area contributed by atoms with Crippen molar-refractivity contribution in [2.75, 3.05) is 36.0 Å². The van der Waals surface area contributed by atoms with Gasteiger partial charge in [0.25, 0.3) is 0 Å². The van der Waals surface area contributed by atoms with E-state index in [2.05, 4.69) is 32.2 Å². The Hall–Kier alpha value is -5.23. The van der Waals surface area contributed by atoms with Crippen molar-refractivity contribution in [1.82, 2.24) is 15.3 Å². The van der Waals surface area contributed by atoms with Crippen LogP contribution in [0.25, 0.3) is 53.9 Å². The van der Waals surface area contributed by atoms with Crippen LogP contribution in [0, 0.1) is 17.3 Å². The van der Waals surface area contributed by atoms with E-state index in [1.807, 2.05) is 30.3 Å². The van der Waals surface area contributed by atoms with Gasteiger partial charge in [-0.25, -0.2) is 14.6 Å². The molecule has 8 aromatic rings. The number of aromatic nitrogens is 3. The Labute approximate surface area is 464 Å². The first-order chi connectivity index (χ1) is 36.8. The summed E-state index contributed by atoms with van der Waals surface area (Å²) in [6, 6.07) is 20.5. The van der Waals surface area contributed by atoms with Crippen molar-refractivity contribution in [3.63, 3.8) is 0 Å². The number of benzene rings is 4. The van der Waals surface area contributed by atoms with Crippen LogP contribution in [0.15, 0.2) is 75.8 Å². The minimum atomic E-state index is -0.938. The fourth-order valence-corrected chi connectivity index (χ4v) is 15.8. The second kappa shape index (κ2) is 19.0. The lowest BCUT2D eigenvalue weighted by Crippen LogP contribution is -2.44. The van der Waals surface area contributed by atoms with E-state index in [4.69, 9.17) is 69.9 Å². The van der Waals surface area contributed by atoms with Crippen LogP contribution >= 0.6 is 69.1 Å². The summed E-state index contributed by atoms with van der Waals surface area (Å²) in [6.45, 7) is 4.32. The van der Waals surface area contributed by atoms with E-state index < -0.39 is 11.9 Å². The van der Waals surface area contributed by atoms with Gasteiger partial charge in [0.15, 0.2) is 5.13 Å². The lowest BCUT2D eigenvalue weighted by Gasteiger charge is -2.45. The monoisotopic (exact) mass is 1140 g/mol. The highest BCUT2D eigenvalue weighted by molar-refractivity contribution is 7.22. The topological polar surface area (TPSA) is 164 Å². The van der Waals surface area contributed by atoms with Crippen molar-refractivity contribution in [3.8, 4) is 33.6 Å². The second-order valence-corrected chi connectivity index (χ2v) is 25.6. The molecule has 4 aromatic carbocycles. The standard InChI is InChI=1S/C57H49Cl4N5O8S2/c58-40-13-31(14-41(59)48(40)50-38(52(73-63-50)27-1-2-27)24-71-36-11-33-22-66(23-34(33)12-36)56-62-44-8-6-30(54(67)68)18-46(44)76-56)32-15-42(60)49(43(61)16-32)51-39(53(74-64-51)28-3-4-28)25-72-37-20-57(21-37)9-10-65(26-57)35-7-5-29-17-47(55(69)70)75-45(29)19-35/h5-8,13-19,27-28,33-34,36-37H,1-4,9-12,20-26H2,(H,67,68)(H,69,70). The summed E-state index contributed by atoms with van der Waals surface area (Å²) in [6.07, 6.45) is 9.12. The highest BCUT2D eigenvalue weighted by Gasteiger charge is 2.50. The first kappa shape index (κ1) is 49.1. The zero-order chi connectivity index (χ0) is 51.7. The molecule has 19 heteroatoms. The largest absolute Gasteiger partial charge is 0.478 e. The minimum absolute atomic E-state index is 0.0756. The molecule has 4 aromatic heterocycles. The molecule has 76 heavy (non-hydrogen) atoms. The fourth-order valence-electron chi connectivity index (χ4n) is 12.5. The van der Waals surface area contributed by atoms with Crippen LogP contribution in [-0.4, -0.2) is 75.8 Å². The molecule has 2 saturated heterocycles. The number of halogens is 4. The summed E-state index contributed by atoms with van der Waals surface area (Å²) >= 11 is 31.6. The molecule has 6 aliphatic rings. The molecule has 2 unspecified atom stereocenters.